The highest BCUT2D eigenvalue weighted by Crippen LogP contribution is 2.36. The lowest BCUT2D eigenvalue weighted by atomic mass is 10.1. The molecule has 0 aliphatic carbocycles. The van der Waals surface area contributed by atoms with Gasteiger partial charge in [0.25, 0.3) is 0 Å². The Kier molecular flexibility index (Phi) is 4.88. The molecule has 1 aromatic heterocycles. The van der Waals surface area contributed by atoms with E-state index in [0.29, 0.717) is 0 Å². The van der Waals surface area contributed by atoms with Crippen molar-refractivity contribution in [2.24, 2.45) is 0 Å². The maximum Gasteiger partial charge on any atom is 0.461 e. The van der Waals surface area contributed by atoms with Crippen molar-refractivity contribution in [2.75, 3.05) is 0 Å². The van der Waals surface area contributed by atoms with Crippen molar-refractivity contribution in [1.29, 1.82) is 0 Å². The topological polar surface area (TPSA) is 34.9 Å². The molecule has 0 aliphatic heterocycles. The Morgan fingerprint density at radius 3 is 2.25 bits per heavy atom. The normalized spacial score (nSPS) is 13.0. The molecule has 8 heteroatoms. The van der Waals surface area contributed by atoms with Gasteiger partial charge in [-0.1, -0.05) is 13.8 Å². The summed E-state index contributed by atoms with van der Waals surface area (Å²) in [6, 6.07) is 1.31. The van der Waals surface area contributed by atoms with Gasteiger partial charge in [-0.3, -0.25) is 9.48 Å². The third-order valence-corrected chi connectivity index (χ3v) is 3.03. The zero-order chi connectivity index (χ0) is 15.6. The Balaban J connectivity index is 2.82. The van der Waals surface area contributed by atoms with Crippen molar-refractivity contribution in [3.8, 4) is 0 Å². The first-order chi connectivity index (χ1) is 9.13. The molecule has 1 heterocycles. The molecule has 0 radical (unpaired) electrons. The predicted molar refractivity (Wildman–Crippen MR) is 61.6 cm³/mol. The lowest BCUT2D eigenvalue weighted by Crippen LogP contribution is -2.44. The van der Waals surface area contributed by atoms with Crippen LogP contribution in [0.2, 0.25) is 0 Å². The fourth-order valence-corrected chi connectivity index (χ4v) is 1.77. The molecular weight excluding hydrogens is 283 g/mol. The summed E-state index contributed by atoms with van der Waals surface area (Å²) in [6.45, 7) is 3.80. The molecule has 20 heavy (non-hydrogen) atoms. The summed E-state index contributed by atoms with van der Waals surface area (Å²) in [5, 5.41) is 3.88. The fraction of sp³-hybridized carbons (Fsp3) is 0.667. The monoisotopic (exact) mass is 298 g/mol. The Labute approximate surface area is 112 Å². The number of hydrogen-bond acceptors (Lipinski definition) is 2. The van der Waals surface area contributed by atoms with Gasteiger partial charge in [-0.15, -0.1) is 0 Å². The van der Waals surface area contributed by atoms with Crippen molar-refractivity contribution < 1.29 is 26.7 Å². The van der Waals surface area contributed by atoms with Crippen LogP contribution in [0, 0.1) is 0 Å². The standard InChI is InChI=1S/C12H15F5N2O/c1-3-9(4-2)19-6-5-8(18-19)7-10(20)11(13,14)12(15,16)17/h5-6,9H,3-4,7H2,1-2H3. The molecular formula is C12H15F5N2O. The fourth-order valence-electron chi connectivity index (χ4n) is 1.77. The average Bonchev–Trinajstić information content (AvgIpc) is 2.77. The van der Waals surface area contributed by atoms with E-state index in [4.69, 9.17) is 0 Å². The minimum Gasteiger partial charge on any atom is -0.292 e. The number of rotatable bonds is 6. The molecule has 0 saturated heterocycles. The third kappa shape index (κ3) is 3.34. The molecule has 0 amide bonds. The van der Waals surface area contributed by atoms with Gasteiger partial charge >= 0.3 is 12.1 Å². The van der Waals surface area contributed by atoms with E-state index in [1.807, 2.05) is 13.8 Å². The molecule has 0 saturated carbocycles. The Bertz CT molecular complexity index is 463. The number of carbonyl (C=O) groups is 1. The molecule has 114 valence electrons. The lowest BCUT2D eigenvalue weighted by Gasteiger charge is -2.17. The molecule has 0 bridgehead atoms. The van der Waals surface area contributed by atoms with Crippen LogP contribution in [0.3, 0.4) is 0 Å². The molecule has 1 aromatic rings. The zero-order valence-electron chi connectivity index (χ0n) is 11.0. The van der Waals surface area contributed by atoms with E-state index in [2.05, 4.69) is 5.10 Å². The van der Waals surface area contributed by atoms with Gasteiger partial charge < -0.3 is 0 Å². The summed E-state index contributed by atoms with van der Waals surface area (Å²) < 4.78 is 63.2. The second-order valence-electron chi connectivity index (χ2n) is 4.43. The van der Waals surface area contributed by atoms with Gasteiger partial charge in [-0.05, 0) is 18.9 Å². The van der Waals surface area contributed by atoms with E-state index in [0.717, 1.165) is 12.8 Å². The highest BCUT2D eigenvalue weighted by atomic mass is 19.4. The first-order valence-electron chi connectivity index (χ1n) is 6.15. The van der Waals surface area contributed by atoms with E-state index < -0.39 is 24.3 Å². The van der Waals surface area contributed by atoms with E-state index in [1.54, 1.807) is 0 Å². The zero-order valence-corrected chi connectivity index (χ0v) is 11.0. The quantitative estimate of drug-likeness (QED) is 0.753. The maximum atomic E-state index is 12.8. The molecule has 0 atom stereocenters. The smallest absolute Gasteiger partial charge is 0.292 e. The van der Waals surface area contributed by atoms with Gasteiger partial charge in [-0.2, -0.15) is 27.1 Å². The van der Waals surface area contributed by atoms with Crippen molar-refractivity contribution in [2.45, 2.75) is 51.3 Å². The van der Waals surface area contributed by atoms with Gasteiger partial charge in [0.05, 0.1) is 18.2 Å². The Morgan fingerprint density at radius 1 is 1.25 bits per heavy atom. The van der Waals surface area contributed by atoms with E-state index >= 15 is 0 Å². The number of carbonyl (C=O) groups excluding carboxylic acids is 1. The molecule has 1 rings (SSSR count). The second-order valence-corrected chi connectivity index (χ2v) is 4.43. The van der Waals surface area contributed by atoms with Gasteiger partial charge in [0.1, 0.15) is 0 Å². The van der Waals surface area contributed by atoms with Crippen LogP contribution in [-0.2, 0) is 11.2 Å². The highest BCUT2D eigenvalue weighted by Gasteiger charge is 2.62. The summed E-state index contributed by atoms with van der Waals surface area (Å²) in [4.78, 5) is 11.1. The summed E-state index contributed by atoms with van der Waals surface area (Å²) in [5.41, 5.74) is -0.0918. The van der Waals surface area contributed by atoms with E-state index in [9.17, 15) is 26.7 Å². The predicted octanol–water partition coefficient (Wildman–Crippen LogP) is 3.55. The third-order valence-electron chi connectivity index (χ3n) is 3.03. The van der Waals surface area contributed by atoms with Crippen molar-refractivity contribution in [3.63, 3.8) is 0 Å². The number of alkyl halides is 5. The van der Waals surface area contributed by atoms with Crippen LogP contribution >= 0.6 is 0 Å². The molecule has 0 spiro atoms. The first-order valence-corrected chi connectivity index (χ1v) is 6.15. The number of halogens is 5. The SMILES string of the molecule is CCC(CC)n1ccc(CC(=O)C(F)(F)C(F)(F)F)n1. The van der Waals surface area contributed by atoms with Gasteiger partial charge in [0, 0.05) is 6.20 Å². The number of Topliss-reactive ketones (excluding diaryl/α,β-unsaturated/α-hetero) is 1. The largest absolute Gasteiger partial charge is 0.461 e. The molecule has 3 nitrogen and oxygen atoms in total. The Hall–Kier alpha value is -1.47. The van der Waals surface area contributed by atoms with Crippen LogP contribution < -0.4 is 0 Å². The minimum absolute atomic E-state index is 0.0296. The van der Waals surface area contributed by atoms with Gasteiger partial charge in [0.15, 0.2) is 0 Å². The van der Waals surface area contributed by atoms with Crippen LogP contribution in [0.4, 0.5) is 22.0 Å². The molecule has 0 unspecified atom stereocenters. The highest BCUT2D eigenvalue weighted by molar-refractivity contribution is 5.88. The number of aromatic nitrogens is 2. The van der Waals surface area contributed by atoms with Crippen LogP contribution in [0.15, 0.2) is 12.3 Å². The van der Waals surface area contributed by atoms with E-state index in [1.165, 1.54) is 16.9 Å². The Morgan fingerprint density at radius 2 is 1.80 bits per heavy atom. The summed E-state index contributed by atoms with van der Waals surface area (Å²) in [5.74, 6) is -7.54. The molecule has 0 N–H and O–H groups in total. The first kappa shape index (κ1) is 16.6. The van der Waals surface area contributed by atoms with Crippen LogP contribution in [-0.4, -0.2) is 27.7 Å². The maximum absolute atomic E-state index is 12.8. The summed E-state index contributed by atoms with van der Waals surface area (Å²) >= 11 is 0. The molecule has 0 aliphatic rings. The van der Waals surface area contributed by atoms with Gasteiger partial charge in [0.2, 0.25) is 5.78 Å². The summed E-state index contributed by atoms with van der Waals surface area (Å²) in [6.07, 6.45) is -3.96. The summed E-state index contributed by atoms with van der Waals surface area (Å²) in [7, 11) is 0. The van der Waals surface area contributed by atoms with Crippen molar-refractivity contribution in [3.05, 3.63) is 18.0 Å². The van der Waals surface area contributed by atoms with Crippen LogP contribution in [0.25, 0.3) is 0 Å². The second kappa shape index (κ2) is 5.88. The lowest BCUT2D eigenvalue weighted by molar-refractivity contribution is -0.268. The number of hydrogen-bond donors (Lipinski definition) is 0. The van der Waals surface area contributed by atoms with Crippen LogP contribution in [0.1, 0.15) is 38.4 Å². The van der Waals surface area contributed by atoms with Crippen molar-refractivity contribution in [1.82, 2.24) is 9.78 Å². The molecule has 0 aromatic carbocycles. The molecule has 0 fully saturated rings. The minimum atomic E-state index is -5.87. The van der Waals surface area contributed by atoms with E-state index in [-0.39, 0.29) is 11.7 Å². The number of ketones is 1. The van der Waals surface area contributed by atoms with Crippen molar-refractivity contribution >= 4 is 5.78 Å². The van der Waals surface area contributed by atoms with Gasteiger partial charge in [-0.25, -0.2) is 0 Å². The average molecular weight is 298 g/mol. The number of nitrogens with zero attached hydrogens (tertiary/aromatic N) is 2. The van der Waals surface area contributed by atoms with Crippen LogP contribution in [0.5, 0.6) is 0 Å².